The predicted molar refractivity (Wildman–Crippen MR) is 69.0 cm³/mol. The van der Waals surface area contributed by atoms with Crippen molar-refractivity contribution in [2.45, 2.75) is 19.1 Å². The first kappa shape index (κ1) is 11.7. The number of fused-ring (bicyclic) bond motifs is 1. The summed E-state index contributed by atoms with van der Waals surface area (Å²) in [5, 5.41) is 10.4. The van der Waals surface area contributed by atoms with Crippen LogP contribution in [0.3, 0.4) is 0 Å². The van der Waals surface area contributed by atoms with Gasteiger partial charge in [0.05, 0.1) is 6.10 Å². The topological polar surface area (TPSA) is 28.4 Å². The van der Waals surface area contributed by atoms with Crippen LogP contribution < -0.4 is 0 Å². The van der Waals surface area contributed by atoms with Gasteiger partial charge in [-0.1, -0.05) is 0 Å². The van der Waals surface area contributed by atoms with Crippen molar-refractivity contribution in [1.29, 1.82) is 0 Å². The van der Waals surface area contributed by atoms with Crippen molar-refractivity contribution >= 4 is 10.9 Å². The Kier molecular flexibility index (Phi) is 3.06. The lowest BCUT2D eigenvalue weighted by Crippen LogP contribution is -2.26. The summed E-state index contributed by atoms with van der Waals surface area (Å²) in [5.41, 5.74) is 1.07. The molecule has 0 amide bonds. The van der Waals surface area contributed by atoms with E-state index in [0.717, 1.165) is 43.5 Å². The lowest BCUT2D eigenvalue weighted by molar-refractivity contribution is 0.175. The zero-order valence-corrected chi connectivity index (χ0v) is 10.2. The largest absolute Gasteiger partial charge is 0.392 e. The predicted octanol–water partition coefficient (Wildman–Crippen LogP) is 1.85. The molecule has 1 fully saturated rings. The second kappa shape index (κ2) is 4.71. The summed E-state index contributed by atoms with van der Waals surface area (Å²) in [6.45, 7) is 3.54. The minimum Gasteiger partial charge on any atom is -0.392 e. The average Bonchev–Trinajstić information content (AvgIpc) is 2.92. The Morgan fingerprint density at radius 2 is 2.17 bits per heavy atom. The third kappa shape index (κ3) is 2.26. The molecule has 1 N–H and O–H groups in total. The molecule has 3 nitrogen and oxygen atoms in total. The first-order chi connectivity index (χ1) is 8.72. The lowest BCUT2D eigenvalue weighted by Gasteiger charge is -2.15. The van der Waals surface area contributed by atoms with Gasteiger partial charge in [-0.25, -0.2) is 4.39 Å². The van der Waals surface area contributed by atoms with Crippen molar-refractivity contribution in [1.82, 2.24) is 9.47 Å². The summed E-state index contributed by atoms with van der Waals surface area (Å²) in [6.07, 6.45) is 2.70. The molecular formula is C14H17FN2O. The van der Waals surface area contributed by atoms with Crippen LogP contribution >= 0.6 is 0 Å². The number of β-amino-alcohol motifs (C(OH)–C–C–N with tert-alkyl or cyclic N) is 1. The van der Waals surface area contributed by atoms with E-state index in [1.54, 1.807) is 6.07 Å². The minimum absolute atomic E-state index is 0.166. The summed E-state index contributed by atoms with van der Waals surface area (Å²) < 4.78 is 15.2. The Bertz CT molecular complexity index is 552. The minimum atomic E-state index is -0.192. The highest BCUT2D eigenvalue weighted by Crippen LogP contribution is 2.17. The third-order valence-corrected chi connectivity index (χ3v) is 3.64. The van der Waals surface area contributed by atoms with E-state index in [0.29, 0.717) is 0 Å². The molecule has 0 aliphatic carbocycles. The van der Waals surface area contributed by atoms with E-state index in [4.69, 9.17) is 0 Å². The van der Waals surface area contributed by atoms with Crippen LogP contribution in [0.2, 0.25) is 0 Å². The summed E-state index contributed by atoms with van der Waals surface area (Å²) in [5.74, 6) is -0.192. The van der Waals surface area contributed by atoms with Gasteiger partial charge in [-0.3, -0.25) is 4.90 Å². The average molecular weight is 248 g/mol. The lowest BCUT2D eigenvalue weighted by atomic mass is 10.2. The van der Waals surface area contributed by atoms with Crippen LogP contribution in [0.15, 0.2) is 30.5 Å². The van der Waals surface area contributed by atoms with Gasteiger partial charge >= 0.3 is 0 Å². The van der Waals surface area contributed by atoms with Crippen molar-refractivity contribution in [3.05, 3.63) is 36.3 Å². The number of likely N-dealkylation sites (tertiary alicyclic amines) is 1. The fourth-order valence-electron chi connectivity index (χ4n) is 2.63. The molecule has 1 aromatic heterocycles. The standard InChI is InChI=1S/C14H17FN2O/c15-12-1-2-14-11(9-12)3-6-17(14)8-7-16-5-4-13(18)10-16/h1-3,6,9,13,18H,4-5,7-8,10H2. The van der Waals surface area contributed by atoms with E-state index < -0.39 is 0 Å². The molecule has 1 aliphatic heterocycles. The Labute approximate surface area is 105 Å². The van der Waals surface area contributed by atoms with Crippen LogP contribution in [0.4, 0.5) is 4.39 Å². The molecule has 18 heavy (non-hydrogen) atoms. The van der Waals surface area contributed by atoms with Gasteiger partial charge in [0.25, 0.3) is 0 Å². The molecule has 1 unspecified atom stereocenters. The van der Waals surface area contributed by atoms with E-state index in [1.807, 2.05) is 18.3 Å². The number of hydrogen-bond donors (Lipinski definition) is 1. The van der Waals surface area contributed by atoms with E-state index in [-0.39, 0.29) is 11.9 Å². The maximum absolute atomic E-state index is 13.1. The highest BCUT2D eigenvalue weighted by Gasteiger charge is 2.19. The number of benzene rings is 1. The van der Waals surface area contributed by atoms with Crippen molar-refractivity contribution in [3.8, 4) is 0 Å². The van der Waals surface area contributed by atoms with Gasteiger partial charge < -0.3 is 9.67 Å². The first-order valence-corrected chi connectivity index (χ1v) is 6.37. The summed E-state index contributed by atoms with van der Waals surface area (Å²) in [7, 11) is 0. The fraction of sp³-hybridized carbons (Fsp3) is 0.429. The number of halogens is 1. The number of aliphatic hydroxyl groups is 1. The Morgan fingerprint density at radius 3 is 2.94 bits per heavy atom. The van der Waals surface area contributed by atoms with E-state index >= 15 is 0 Å². The van der Waals surface area contributed by atoms with Crippen LogP contribution in [0, 0.1) is 5.82 Å². The SMILES string of the molecule is OC1CCN(CCn2ccc3cc(F)ccc32)C1. The molecule has 0 saturated carbocycles. The zero-order chi connectivity index (χ0) is 12.5. The number of rotatable bonds is 3. The summed E-state index contributed by atoms with van der Waals surface area (Å²) in [6, 6.07) is 6.82. The van der Waals surface area contributed by atoms with E-state index in [2.05, 4.69) is 9.47 Å². The quantitative estimate of drug-likeness (QED) is 0.898. The third-order valence-electron chi connectivity index (χ3n) is 3.64. The zero-order valence-electron chi connectivity index (χ0n) is 10.2. The van der Waals surface area contributed by atoms with Gasteiger partial charge in [-0.05, 0) is 30.7 Å². The molecule has 96 valence electrons. The van der Waals surface area contributed by atoms with Crippen molar-refractivity contribution in [2.24, 2.45) is 0 Å². The van der Waals surface area contributed by atoms with Gasteiger partial charge in [-0.2, -0.15) is 0 Å². The van der Waals surface area contributed by atoms with Crippen LogP contribution in [-0.4, -0.2) is 40.3 Å². The molecule has 0 spiro atoms. The Hall–Kier alpha value is -1.39. The van der Waals surface area contributed by atoms with Gasteiger partial charge in [0.15, 0.2) is 0 Å². The molecule has 2 aromatic rings. The van der Waals surface area contributed by atoms with Gasteiger partial charge in [0.1, 0.15) is 5.82 Å². The number of nitrogens with zero attached hydrogens (tertiary/aromatic N) is 2. The second-order valence-electron chi connectivity index (χ2n) is 4.96. The molecule has 1 aliphatic rings. The van der Waals surface area contributed by atoms with Crippen LogP contribution in [0.1, 0.15) is 6.42 Å². The van der Waals surface area contributed by atoms with Crippen LogP contribution in [0.25, 0.3) is 10.9 Å². The van der Waals surface area contributed by atoms with Gasteiger partial charge in [-0.15, -0.1) is 0 Å². The number of aliphatic hydroxyl groups excluding tert-OH is 1. The maximum Gasteiger partial charge on any atom is 0.123 e. The monoisotopic (exact) mass is 248 g/mol. The molecule has 0 radical (unpaired) electrons. The number of aromatic nitrogens is 1. The molecule has 0 bridgehead atoms. The second-order valence-corrected chi connectivity index (χ2v) is 4.96. The molecule has 1 aromatic carbocycles. The molecule has 2 heterocycles. The fourth-order valence-corrected chi connectivity index (χ4v) is 2.63. The Morgan fingerprint density at radius 1 is 1.28 bits per heavy atom. The highest BCUT2D eigenvalue weighted by atomic mass is 19.1. The summed E-state index contributed by atoms with van der Waals surface area (Å²) in [4.78, 5) is 2.26. The molecule has 1 saturated heterocycles. The van der Waals surface area contributed by atoms with Crippen molar-refractivity contribution in [2.75, 3.05) is 19.6 Å². The smallest absolute Gasteiger partial charge is 0.123 e. The maximum atomic E-state index is 13.1. The number of hydrogen-bond acceptors (Lipinski definition) is 2. The van der Waals surface area contributed by atoms with Crippen molar-refractivity contribution in [3.63, 3.8) is 0 Å². The molecule has 3 rings (SSSR count). The molecular weight excluding hydrogens is 231 g/mol. The molecule has 4 heteroatoms. The summed E-state index contributed by atoms with van der Waals surface area (Å²) >= 11 is 0. The van der Waals surface area contributed by atoms with Gasteiger partial charge in [0, 0.05) is 43.3 Å². The highest BCUT2D eigenvalue weighted by molar-refractivity contribution is 5.80. The van der Waals surface area contributed by atoms with Crippen LogP contribution in [-0.2, 0) is 6.54 Å². The van der Waals surface area contributed by atoms with Crippen LogP contribution in [0.5, 0.6) is 0 Å². The first-order valence-electron chi connectivity index (χ1n) is 6.37. The van der Waals surface area contributed by atoms with E-state index in [1.165, 1.54) is 6.07 Å². The van der Waals surface area contributed by atoms with Crippen molar-refractivity contribution < 1.29 is 9.50 Å². The normalized spacial score (nSPS) is 20.9. The van der Waals surface area contributed by atoms with Gasteiger partial charge in [0.2, 0.25) is 0 Å². The molecule has 1 atom stereocenters. The van der Waals surface area contributed by atoms with E-state index in [9.17, 15) is 9.50 Å². The Balaban J connectivity index is 1.71.